The van der Waals surface area contributed by atoms with Crippen molar-refractivity contribution < 1.29 is 0 Å². The van der Waals surface area contributed by atoms with Crippen LogP contribution in [0, 0.1) is 0 Å². The Labute approximate surface area is 69.6 Å². The summed E-state index contributed by atoms with van der Waals surface area (Å²) in [5.74, 6) is 0. The van der Waals surface area contributed by atoms with Crippen LogP contribution in [0.1, 0.15) is 19.8 Å². The molecule has 0 rings (SSSR count). The van der Waals surface area contributed by atoms with Crippen LogP contribution >= 0.6 is 0 Å². The summed E-state index contributed by atoms with van der Waals surface area (Å²) in [7, 11) is 0. The van der Waals surface area contributed by atoms with Crippen molar-refractivity contribution in [3.8, 4) is 0 Å². The summed E-state index contributed by atoms with van der Waals surface area (Å²) in [6.45, 7) is 5.74. The van der Waals surface area contributed by atoms with E-state index in [1.165, 1.54) is 6.42 Å². The summed E-state index contributed by atoms with van der Waals surface area (Å²) in [5.41, 5.74) is 0. The Hall–Kier alpha value is -1.04. The van der Waals surface area contributed by atoms with Crippen LogP contribution in [0.15, 0.2) is 49.1 Å². The van der Waals surface area contributed by atoms with Crippen molar-refractivity contribution in [1.82, 2.24) is 0 Å². The van der Waals surface area contributed by atoms with Gasteiger partial charge in [-0.3, -0.25) is 0 Å². The number of rotatable bonds is 5. The van der Waals surface area contributed by atoms with E-state index < -0.39 is 0 Å². The van der Waals surface area contributed by atoms with Crippen molar-refractivity contribution in [2.24, 2.45) is 0 Å². The molecule has 0 saturated heterocycles. The van der Waals surface area contributed by atoms with Gasteiger partial charge in [0.1, 0.15) is 0 Å². The molecule has 0 atom stereocenters. The monoisotopic (exact) mass is 148 g/mol. The predicted molar refractivity (Wildman–Crippen MR) is 52.5 cm³/mol. The van der Waals surface area contributed by atoms with Crippen LogP contribution in [0.25, 0.3) is 0 Å². The lowest BCUT2D eigenvalue weighted by molar-refractivity contribution is 0.959. The van der Waals surface area contributed by atoms with E-state index in [-0.39, 0.29) is 0 Å². The van der Waals surface area contributed by atoms with Gasteiger partial charge in [-0.25, -0.2) is 0 Å². The Morgan fingerprint density at radius 1 is 1.00 bits per heavy atom. The van der Waals surface area contributed by atoms with Gasteiger partial charge in [0, 0.05) is 0 Å². The fourth-order valence-corrected chi connectivity index (χ4v) is 0.612. The van der Waals surface area contributed by atoms with E-state index in [1.807, 2.05) is 24.3 Å². The summed E-state index contributed by atoms with van der Waals surface area (Å²) >= 11 is 0. The van der Waals surface area contributed by atoms with Crippen LogP contribution in [0.3, 0.4) is 0 Å². The van der Waals surface area contributed by atoms with Crippen molar-refractivity contribution in [2.45, 2.75) is 19.8 Å². The van der Waals surface area contributed by atoms with Gasteiger partial charge in [-0.2, -0.15) is 0 Å². The minimum Gasteiger partial charge on any atom is -0.0991 e. The molecule has 0 nitrogen and oxygen atoms in total. The number of unbranched alkanes of at least 4 members (excludes halogenated alkanes) is 1. The molecule has 0 heteroatoms. The third-order valence-electron chi connectivity index (χ3n) is 1.17. The highest BCUT2D eigenvalue weighted by atomic mass is 13.7. The van der Waals surface area contributed by atoms with Gasteiger partial charge >= 0.3 is 0 Å². The molecule has 0 bridgehead atoms. The Bertz CT molecular complexity index is 159. The molecule has 0 aromatic heterocycles. The second-order valence-electron chi connectivity index (χ2n) is 2.22. The highest BCUT2D eigenvalue weighted by Crippen LogP contribution is 1.88. The zero-order valence-electron chi connectivity index (χ0n) is 7.16. The Morgan fingerprint density at radius 3 is 2.27 bits per heavy atom. The van der Waals surface area contributed by atoms with E-state index in [1.54, 1.807) is 6.08 Å². The first-order chi connectivity index (χ1) is 5.41. The number of hydrogen-bond acceptors (Lipinski definition) is 0. The predicted octanol–water partition coefficient (Wildman–Crippen LogP) is 3.64. The van der Waals surface area contributed by atoms with E-state index in [9.17, 15) is 0 Å². The Balaban J connectivity index is 3.42. The van der Waals surface area contributed by atoms with Gasteiger partial charge in [0.15, 0.2) is 0 Å². The maximum atomic E-state index is 3.57. The Kier molecular flexibility index (Phi) is 8.11. The first kappa shape index (κ1) is 9.96. The molecule has 0 N–H and O–H groups in total. The normalized spacial score (nSPS) is 12.1. The largest absolute Gasteiger partial charge is 0.0991 e. The fraction of sp³-hybridized carbons (Fsp3) is 0.273. The molecular formula is C11H16. The van der Waals surface area contributed by atoms with Crippen molar-refractivity contribution >= 4 is 0 Å². The summed E-state index contributed by atoms with van der Waals surface area (Å²) < 4.78 is 0. The molecule has 0 aliphatic carbocycles. The van der Waals surface area contributed by atoms with Gasteiger partial charge in [-0.05, 0) is 6.42 Å². The van der Waals surface area contributed by atoms with Gasteiger partial charge in [0.2, 0.25) is 0 Å². The third kappa shape index (κ3) is 8.96. The summed E-state index contributed by atoms with van der Waals surface area (Å²) in [5, 5.41) is 0. The summed E-state index contributed by atoms with van der Waals surface area (Å²) in [6, 6.07) is 0. The van der Waals surface area contributed by atoms with Crippen LogP contribution in [-0.4, -0.2) is 0 Å². The van der Waals surface area contributed by atoms with Gasteiger partial charge in [0.05, 0.1) is 0 Å². The fourth-order valence-electron chi connectivity index (χ4n) is 0.612. The molecule has 0 radical (unpaired) electrons. The van der Waals surface area contributed by atoms with E-state index in [0.29, 0.717) is 0 Å². The average Bonchev–Trinajstić information content (AvgIpc) is 2.03. The minimum absolute atomic E-state index is 1.16. The number of allylic oxidation sites excluding steroid dienone is 7. The molecule has 0 aromatic carbocycles. The van der Waals surface area contributed by atoms with E-state index >= 15 is 0 Å². The van der Waals surface area contributed by atoms with Crippen LogP contribution in [-0.2, 0) is 0 Å². The third-order valence-corrected chi connectivity index (χ3v) is 1.17. The molecule has 0 unspecified atom stereocenters. The second-order valence-corrected chi connectivity index (χ2v) is 2.22. The van der Waals surface area contributed by atoms with Gasteiger partial charge in [0.25, 0.3) is 0 Å². The van der Waals surface area contributed by atoms with Crippen LogP contribution in [0.4, 0.5) is 0 Å². The molecule has 0 aliphatic heterocycles. The van der Waals surface area contributed by atoms with Crippen molar-refractivity contribution in [1.29, 1.82) is 0 Å². The molecule has 0 aliphatic rings. The van der Waals surface area contributed by atoms with Crippen molar-refractivity contribution in [3.05, 3.63) is 49.1 Å². The van der Waals surface area contributed by atoms with E-state index in [0.717, 1.165) is 6.42 Å². The Morgan fingerprint density at radius 2 is 1.64 bits per heavy atom. The van der Waals surface area contributed by atoms with Gasteiger partial charge < -0.3 is 0 Å². The summed E-state index contributed by atoms with van der Waals surface area (Å²) in [6.07, 6.45) is 16.3. The molecule has 0 aromatic rings. The topological polar surface area (TPSA) is 0 Å². The van der Waals surface area contributed by atoms with Crippen LogP contribution < -0.4 is 0 Å². The maximum absolute atomic E-state index is 3.57. The first-order valence-electron chi connectivity index (χ1n) is 4.02. The zero-order valence-corrected chi connectivity index (χ0v) is 7.16. The molecular weight excluding hydrogens is 132 g/mol. The van der Waals surface area contributed by atoms with Gasteiger partial charge in [-0.15, -0.1) is 0 Å². The lowest BCUT2D eigenvalue weighted by atomic mass is 10.3. The highest BCUT2D eigenvalue weighted by molar-refractivity contribution is 5.14. The average molecular weight is 148 g/mol. The number of hydrogen-bond donors (Lipinski definition) is 0. The van der Waals surface area contributed by atoms with Gasteiger partial charge in [-0.1, -0.05) is 62.5 Å². The molecule has 11 heavy (non-hydrogen) atoms. The molecule has 0 fully saturated rings. The molecule has 0 saturated carbocycles. The molecule has 0 spiro atoms. The maximum Gasteiger partial charge on any atom is -0.0350 e. The first-order valence-corrected chi connectivity index (χ1v) is 4.02. The van der Waals surface area contributed by atoms with Crippen LogP contribution in [0.2, 0.25) is 0 Å². The lowest BCUT2D eigenvalue weighted by Gasteiger charge is -1.79. The standard InChI is InChI=1S/C11H16/c1-3-5-7-9-11-10-8-6-4-2/h3,5,7-11H,1,4,6H2,2H3/b7-5+,10-8-,11-9-. The highest BCUT2D eigenvalue weighted by Gasteiger charge is 1.68. The van der Waals surface area contributed by atoms with Crippen LogP contribution in [0.5, 0.6) is 0 Å². The SMILES string of the molecule is C=C/C=C/C=C\C=C/CCC. The van der Waals surface area contributed by atoms with E-state index in [2.05, 4.69) is 25.7 Å². The van der Waals surface area contributed by atoms with Crippen molar-refractivity contribution in [3.63, 3.8) is 0 Å². The van der Waals surface area contributed by atoms with Crippen molar-refractivity contribution in [2.75, 3.05) is 0 Å². The quantitative estimate of drug-likeness (QED) is 0.522. The molecule has 60 valence electrons. The zero-order chi connectivity index (χ0) is 8.36. The lowest BCUT2D eigenvalue weighted by Crippen LogP contribution is -1.58. The molecule has 0 heterocycles. The smallest absolute Gasteiger partial charge is 0.0350 e. The second kappa shape index (κ2) is 8.96. The van der Waals surface area contributed by atoms with E-state index in [4.69, 9.17) is 0 Å². The minimum atomic E-state index is 1.16. The summed E-state index contributed by atoms with van der Waals surface area (Å²) in [4.78, 5) is 0. The molecule has 0 amide bonds.